The Morgan fingerprint density at radius 2 is 1.81 bits per heavy atom. The SMILES string of the molecule is Cc1ccccc1[C@@H]1CN(C(=O)CCC(=O)NC2CCCC2)C[C@H]1C(=O)O. The van der Waals surface area contributed by atoms with Gasteiger partial charge >= 0.3 is 5.97 Å². The van der Waals surface area contributed by atoms with Gasteiger partial charge in [0.15, 0.2) is 0 Å². The summed E-state index contributed by atoms with van der Waals surface area (Å²) in [6.07, 6.45) is 4.63. The molecule has 2 aliphatic rings. The highest BCUT2D eigenvalue weighted by atomic mass is 16.4. The molecule has 27 heavy (non-hydrogen) atoms. The van der Waals surface area contributed by atoms with E-state index in [4.69, 9.17) is 0 Å². The van der Waals surface area contributed by atoms with Gasteiger partial charge in [-0.1, -0.05) is 37.1 Å². The zero-order chi connectivity index (χ0) is 19.4. The van der Waals surface area contributed by atoms with Crippen molar-refractivity contribution in [2.45, 2.75) is 57.4 Å². The molecule has 0 unspecified atom stereocenters. The maximum absolute atomic E-state index is 12.6. The van der Waals surface area contributed by atoms with Crippen LogP contribution in [-0.2, 0) is 14.4 Å². The van der Waals surface area contributed by atoms with Gasteiger partial charge in [-0.2, -0.15) is 0 Å². The fourth-order valence-corrected chi connectivity index (χ4v) is 4.32. The van der Waals surface area contributed by atoms with Gasteiger partial charge in [0.25, 0.3) is 0 Å². The average Bonchev–Trinajstić information content (AvgIpc) is 3.30. The highest BCUT2D eigenvalue weighted by Crippen LogP contribution is 2.35. The first-order valence-electron chi connectivity index (χ1n) is 9.81. The third kappa shape index (κ3) is 4.67. The summed E-state index contributed by atoms with van der Waals surface area (Å²) in [5.74, 6) is -1.92. The summed E-state index contributed by atoms with van der Waals surface area (Å²) < 4.78 is 0. The van der Waals surface area contributed by atoms with Crippen LogP contribution >= 0.6 is 0 Å². The van der Waals surface area contributed by atoms with Crippen LogP contribution in [0.3, 0.4) is 0 Å². The van der Waals surface area contributed by atoms with Crippen molar-refractivity contribution >= 4 is 17.8 Å². The van der Waals surface area contributed by atoms with Gasteiger partial charge in [0.1, 0.15) is 0 Å². The molecule has 3 rings (SSSR count). The number of carboxylic acids is 1. The predicted octanol–water partition coefficient (Wildman–Crippen LogP) is 2.46. The second kappa shape index (κ2) is 8.55. The zero-order valence-corrected chi connectivity index (χ0v) is 15.8. The lowest BCUT2D eigenvalue weighted by Gasteiger charge is -2.18. The Bertz CT molecular complexity index is 712. The summed E-state index contributed by atoms with van der Waals surface area (Å²) in [4.78, 5) is 37.9. The molecule has 2 atom stereocenters. The van der Waals surface area contributed by atoms with Gasteiger partial charge in [0.05, 0.1) is 5.92 Å². The van der Waals surface area contributed by atoms with E-state index in [1.807, 2.05) is 31.2 Å². The third-order valence-corrected chi connectivity index (χ3v) is 5.86. The lowest BCUT2D eigenvalue weighted by atomic mass is 9.86. The minimum atomic E-state index is -0.877. The van der Waals surface area contributed by atoms with Crippen molar-refractivity contribution in [2.24, 2.45) is 5.92 Å². The standard InChI is InChI=1S/C21H28N2O4/c1-14-6-2-5-9-16(14)17-12-23(13-18(17)21(26)27)20(25)11-10-19(24)22-15-7-3-4-8-15/h2,5-6,9,15,17-18H,3-4,7-8,10-13H2,1H3,(H,22,24)(H,26,27)/t17-,18+/m0/s1. The molecular weight excluding hydrogens is 344 g/mol. The molecule has 0 spiro atoms. The molecule has 146 valence electrons. The summed E-state index contributed by atoms with van der Waals surface area (Å²) in [7, 11) is 0. The first kappa shape index (κ1) is 19.4. The fraction of sp³-hybridized carbons (Fsp3) is 0.571. The van der Waals surface area contributed by atoms with Gasteiger partial charge in [-0.25, -0.2) is 0 Å². The number of rotatable bonds is 6. The fourth-order valence-electron chi connectivity index (χ4n) is 4.32. The number of carbonyl (C=O) groups excluding carboxylic acids is 2. The largest absolute Gasteiger partial charge is 0.481 e. The van der Waals surface area contributed by atoms with Crippen molar-refractivity contribution in [1.29, 1.82) is 0 Å². The zero-order valence-electron chi connectivity index (χ0n) is 15.8. The van der Waals surface area contributed by atoms with Crippen molar-refractivity contribution in [3.8, 4) is 0 Å². The molecule has 1 aromatic rings. The van der Waals surface area contributed by atoms with Crippen LogP contribution < -0.4 is 5.32 Å². The quantitative estimate of drug-likeness (QED) is 0.803. The molecule has 6 nitrogen and oxygen atoms in total. The van der Waals surface area contributed by atoms with Crippen molar-refractivity contribution in [3.63, 3.8) is 0 Å². The van der Waals surface area contributed by atoms with Gasteiger partial charge in [0, 0.05) is 37.9 Å². The molecule has 1 saturated carbocycles. The van der Waals surface area contributed by atoms with Gasteiger partial charge in [-0.15, -0.1) is 0 Å². The Kier molecular flexibility index (Phi) is 6.14. The second-order valence-corrected chi connectivity index (χ2v) is 7.76. The van der Waals surface area contributed by atoms with Crippen molar-refractivity contribution in [2.75, 3.05) is 13.1 Å². The van der Waals surface area contributed by atoms with Crippen molar-refractivity contribution < 1.29 is 19.5 Å². The molecule has 0 bridgehead atoms. The predicted molar refractivity (Wildman–Crippen MR) is 101 cm³/mol. The van der Waals surface area contributed by atoms with E-state index >= 15 is 0 Å². The topological polar surface area (TPSA) is 86.7 Å². The smallest absolute Gasteiger partial charge is 0.308 e. The highest BCUT2D eigenvalue weighted by Gasteiger charge is 2.40. The van der Waals surface area contributed by atoms with Crippen molar-refractivity contribution in [1.82, 2.24) is 10.2 Å². The minimum Gasteiger partial charge on any atom is -0.481 e. The Hall–Kier alpha value is -2.37. The molecule has 1 saturated heterocycles. The van der Waals surface area contributed by atoms with Crippen LogP contribution in [0, 0.1) is 12.8 Å². The number of aryl methyl sites for hydroxylation is 1. The molecule has 1 heterocycles. The molecular formula is C21H28N2O4. The lowest BCUT2D eigenvalue weighted by Crippen LogP contribution is -2.34. The van der Waals surface area contributed by atoms with E-state index < -0.39 is 11.9 Å². The van der Waals surface area contributed by atoms with Gasteiger partial charge in [-0.3, -0.25) is 14.4 Å². The number of likely N-dealkylation sites (tertiary alicyclic amines) is 1. The summed E-state index contributed by atoms with van der Waals surface area (Å²) in [6.45, 7) is 2.56. The number of nitrogens with one attached hydrogen (secondary N) is 1. The van der Waals surface area contributed by atoms with E-state index in [1.165, 1.54) is 0 Å². The summed E-state index contributed by atoms with van der Waals surface area (Å²) in [6, 6.07) is 7.99. The molecule has 2 fully saturated rings. The van der Waals surface area contributed by atoms with Crippen LogP contribution in [0.15, 0.2) is 24.3 Å². The van der Waals surface area contributed by atoms with Gasteiger partial charge in [0.2, 0.25) is 11.8 Å². The first-order valence-corrected chi connectivity index (χ1v) is 9.81. The lowest BCUT2D eigenvalue weighted by molar-refractivity contribution is -0.142. The maximum Gasteiger partial charge on any atom is 0.308 e. The van der Waals surface area contributed by atoms with Crippen LogP contribution in [0.2, 0.25) is 0 Å². The summed E-state index contributed by atoms with van der Waals surface area (Å²) in [5, 5.41) is 12.6. The van der Waals surface area contributed by atoms with Crippen LogP contribution in [-0.4, -0.2) is 46.9 Å². The Morgan fingerprint density at radius 1 is 1.11 bits per heavy atom. The molecule has 0 radical (unpaired) electrons. The molecule has 1 aliphatic heterocycles. The number of nitrogens with zero attached hydrogens (tertiary/aromatic N) is 1. The van der Waals surface area contributed by atoms with Gasteiger partial charge in [-0.05, 0) is 30.9 Å². The van der Waals surface area contributed by atoms with Crippen LogP contribution in [0.4, 0.5) is 0 Å². The third-order valence-electron chi connectivity index (χ3n) is 5.86. The Labute approximate surface area is 159 Å². The monoisotopic (exact) mass is 372 g/mol. The number of aliphatic carboxylic acids is 1. The van der Waals surface area contributed by atoms with Gasteiger partial charge < -0.3 is 15.3 Å². The Balaban J connectivity index is 1.58. The number of carboxylic acid groups (broad SMARTS) is 1. The number of carbonyl (C=O) groups is 3. The number of hydrogen-bond acceptors (Lipinski definition) is 3. The number of amides is 2. The number of hydrogen-bond donors (Lipinski definition) is 2. The van der Waals surface area contributed by atoms with Crippen molar-refractivity contribution in [3.05, 3.63) is 35.4 Å². The Morgan fingerprint density at radius 3 is 2.48 bits per heavy atom. The first-order chi connectivity index (χ1) is 13.0. The summed E-state index contributed by atoms with van der Waals surface area (Å²) >= 11 is 0. The van der Waals surface area contributed by atoms with E-state index in [9.17, 15) is 19.5 Å². The van der Waals surface area contributed by atoms with Crippen LogP contribution in [0.25, 0.3) is 0 Å². The molecule has 0 aromatic heterocycles. The summed E-state index contributed by atoms with van der Waals surface area (Å²) in [5.41, 5.74) is 2.03. The second-order valence-electron chi connectivity index (χ2n) is 7.76. The normalized spacial score (nSPS) is 22.8. The molecule has 2 N–H and O–H groups in total. The molecule has 1 aromatic carbocycles. The van der Waals surface area contributed by atoms with Crippen LogP contribution in [0.5, 0.6) is 0 Å². The van der Waals surface area contributed by atoms with E-state index in [0.717, 1.165) is 36.8 Å². The average molecular weight is 372 g/mol. The number of benzene rings is 1. The molecule has 2 amide bonds. The maximum atomic E-state index is 12.6. The van der Waals surface area contributed by atoms with E-state index in [-0.39, 0.29) is 43.2 Å². The van der Waals surface area contributed by atoms with E-state index in [0.29, 0.717) is 6.54 Å². The van der Waals surface area contributed by atoms with Crippen LogP contribution in [0.1, 0.15) is 55.6 Å². The highest BCUT2D eigenvalue weighted by molar-refractivity contribution is 5.85. The minimum absolute atomic E-state index is 0.0836. The van der Waals surface area contributed by atoms with E-state index in [1.54, 1.807) is 4.90 Å². The molecule has 6 heteroatoms. The van der Waals surface area contributed by atoms with E-state index in [2.05, 4.69) is 5.32 Å². The molecule has 1 aliphatic carbocycles.